The summed E-state index contributed by atoms with van der Waals surface area (Å²) in [7, 11) is 0. The average molecular weight is 424 g/mol. The van der Waals surface area contributed by atoms with Crippen LogP contribution in [0, 0.1) is 5.92 Å². The van der Waals surface area contributed by atoms with Gasteiger partial charge in [0.2, 0.25) is 5.88 Å². The summed E-state index contributed by atoms with van der Waals surface area (Å²) >= 11 is 0. The molecule has 0 radical (unpaired) electrons. The number of aliphatic imine (C=N–C) groups is 1. The van der Waals surface area contributed by atoms with Crippen LogP contribution >= 0.6 is 24.0 Å². The van der Waals surface area contributed by atoms with Gasteiger partial charge >= 0.3 is 0 Å². The number of anilines is 1. The molecule has 0 amide bonds. The number of nitrogens with zero attached hydrogens (tertiary/aromatic N) is 2. The summed E-state index contributed by atoms with van der Waals surface area (Å²) in [6.45, 7) is 1.26. The molecule has 3 N–H and O–H groups in total. The highest BCUT2D eigenvalue weighted by molar-refractivity contribution is 14.0. The predicted molar refractivity (Wildman–Crippen MR) is 103 cm³/mol. The molecule has 0 aliphatic heterocycles. The number of benzene rings is 1. The van der Waals surface area contributed by atoms with Crippen LogP contribution in [0.1, 0.15) is 18.4 Å². The first-order valence-corrected chi connectivity index (χ1v) is 7.49. The second-order valence-electron chi connectivity index (χ2n) is 5.45. The number of pyridine rings is 1. The Kier molecular flexibility index (Phi) is 6.64. The van der Waals surface area contributed by atoms with Gasteiger partial charge < -0.3 is 15.8 Å². The quantitative estimate of drug-likeness (QED) is 0.424. The Balaban J connectivity index is 0.00000192. The molecular formula is C17H21IN4O. The van der Waals surface area contributed by atoms with Gasteiger partial charge in [0, 0.05) is 18.0 Å². The SMILES string of the molecule is I.NC(=NCc1ccc(OCC2CC2)nc1)Nc1ccccc1. The van der Waals surface area contributed by atoms with Crippen molar-refractivity contribution in [1.82, 2.24) is 4.98 Å². The molecule has 1 fully saturated rings. The van der Waals surface area contributed by atoms with E-state index in [9.17, 15) is 0 Å². The third-order valence-corrected chi connectivity index (χ3v) is 3.44. The van der Waals surface area contributed by atoms with Crippen LogP contribution in [-0.2, 0) is 6.54 Å². The van der Waals surface area contributed by atoms with Gasteiger partial charge in [0.1, 0.15) is 0 Å². The van der Waals surface area contributed by atoms with E-state index in [1.54, 1.807) is 6.20 Å². The molecular weight excluding hydrogens is 403 g/mol. The van der Waals surface area contributed by atoms with Crippen molar-refractivity contribution in [3.63, 3.8) is 0 Å². The van der Waals surface area contributed by atoms with Crippen molar-refractivity contribution >= 4 is 35.6 Å². The lowest BCUT2D eigenvalue weighted by Gasteiger charge is -2.06. The van der Waals surface area contributed by atoms with Crippen LogP contribution < -0.4 is 15.8 Å². The van der Waals surface area contributed by atoms with E-state index in [1.165, 1.54) is 12.8 Å². The largest absolute Gasteiger partial charge is 0.477 e. The average Bonchev–Trinajstić information content (AvgIpc) is 3.37. The fourth-order valence-corrected chi connectivity index (χ4v) is 1.96. The van der Waals surface area contributed by atoms with Crippen LogP contribution in [0.3, 0.4) is 0 Å². The van der Waals surface area contributed by atoms with Crippen LogP contribution in [-0.4, -0.2) is 17.6 Å². The van der Waals surface area contributed by atoms with E-state index < -0.39 is 0 Å². The molecule has 1 aliphatic rings. The summed E-state index contributed by atoms with van der Waals surface area (Å²) in [5.41, 5.74) is 7.78. The van der Waals surface area contributed by atoms with Crippen molar-refractivity contribution in [2.75, 3.05) is 11.9 Å². The lowest BCUT2D eigenvalue weighted by atomic mass is 10.3. The highest BCUT2D eigenvalue weighted by Crippen LogP contribution is 2.29. The van der Waals surface area contributed by atoms with Gasteiger partial charge in [-0.25, -0.2) is 9.98 Å². The monoisotopic (exact) mass is 424 g/mol. The molecule has 0 atom stereocenters. The number of guanidine groups is 1. The van der Waals surface area contributed by atoms with Crippen molar-refractivity contribution in [2.45, 2.75) is 19.4 Å². The van der Waals surface area contributed by atoms with Gasteiger partial charge in [-0.3, -0.25) is 0 Å². The van der Waals surface area contributed by atoms with E-state index in [1.807, 2.05) is 42.5 Å². The van der Waals surface area contributed by atoms with Gasteiger partial charge in [0.25, 0.3) is 0 Å². The molecule has 2 aromatic rings. The van der Waals surface area contributed by atoms with Crippen LogP contribution in [0.5, 0.6) is 5.88 Å². The molecule has 3 rings (SSSR count). The fraction of sp³-hybridized carbons (Fsp3) is 0.294. The molecule has 5 nitrogen and oxygen atoms in total. The van der Waals surface area contributed by atoms with Crippen LogP contribution in [0.15, 0.2) is 53.7 Å². The minimum Gasteiger partial charge on any atom is -0.477 e. The Bertz CT molecular complexity index is 627. The normalized spacial score (nSPS) is 14.0. The van der Waals surface area contributed by atoms with Crippen molar-refractivity contribution in [1.29, 1.82) is 0 Å². The predicted octanol–water partition coefficient (Wildman–Crippen LogP) is 3.42. The topological polar surface area (TPSA) is 72.5 Å². The third kappa shape index (κ3) is 6.05. The molecule has 122 valence electrons. The number of aromatic nitrogens is 1. The summed E-state index contributed by atoms with van der Waals surface area (Å²) in [5.74, 6) is 1.80. The molecule has 0 saturated heterocycles. The zero-order valence-electron chi connectivity index (χ0n) is 12.8. The Hall–Kier alpha value is -1.83. The van der Waals surface area contributed by atoms with Crippen molar-refractivity contribution in [3.05, 3.63) is 54.2 Å². The standard InChI is InChI=1S/C17H20N4O.HI/c18-17(21-15-4-2-1-3-5-15)20-11-14-8-9-16(19-10-14)22-12-13-6-7-13;/h1-5,8-10,13H,6-7,11-12H2,(H3,18,20,21);1H. The van der Waals surface area contributed by atoms with Gasteiger partial charge in [-0.2, -0.15) is 0 Å². The first-order valence-electron chi connectivity index (χ1n) is 7.49. The van der Waals surface area contributed by atoms with Gasteiger partial charge in [-0.1, -0.05) is 24.3 Å². The molecule has 1 aromatic carbocycles. The number of halogens is 1. The Labute approximate surface area is 153 Å². The number of hydrogen-bond donors (Lipinski definition) is 2. The van der Waals surface area contributed by atoms with E-state index in [4.69, 9.17) is 10.5 Å². The third-order valence-electron chi connectivity index (χ3n) is 3.44. The van der Waals surface area contributed by atoms with E-state index in [-0.39, 0.29) is 24.0 Å². The maximum Gasteiger partial charge on any atom is 0.213 e. The van der Waals surface area contributed by atoms with E-state index in [2.05, 4.69) is 15.3 Å². The van der Waals surface area contributed by atoms with Crippen LogP contribution in [0.2, 0.25) is 0 Å². The second-order valence-corrected chi connectivity index (χ2v) is 5.45. The minimum absolute atomic E-state index is 0. The van der Waals surface area contributed by atoms with Gasteiger partial charge in [0.05, 0.1) is 13.2 Å². The number of ether oxygens (including phenoxy) is 1. The molecule has 1 heterocycles. The van der Waals surface area contributed by atoms with Crippen LogP contribution in [0.4, 0.5) is 5.69 Å². The second kappa shape index (κ2) is 8.71. The Morgan fingerprint density at radius 3 is 2.65 bits per heavy atom. The van der Waals surface area contributed by atoms with Crippen molar-refractivity contribution in [2.24, 2.45) is 16.6 Å². The van der Waals surface area contributed by atoms with Gasteiger partial charge in [-0.15, -0.1) is 24.0 Å². The molecule has 6 heteroatoms. The lowest BCUT2D eigenvalue weighted by Crippen LogP contribution is -2.22. The minimum atomic E-state index is 0. The number of para-hydroxylation sites is 1. The van der Waals surface area contributed by atoms with Crippen molar-refractivity contribution < 1.29 is 4.74 Å². The fourth-order valence-electron chi connectivity index (χ4n) is 1.96. The molecule has 1 aliphatic carbocycles. The van der Waals surface area contributed by atoms with Crippen LogP contribution in [0.25, 0.3) is 0 Å². The van der Waals surface area contributed by atoms with Gasteiger partial charge in [-0.05, 0) is 36.5 Å². The first-order chi connectivity index (χ1) is 10.8. The highest BCUT2D eigenvalue weighted by Gasteiger charge is 2.21. The smallest absolute Gasteiger partial charge is 0.213 e. The van der Waals surface area contributed by atoms with Gasteiger partial charge in [0.15, 0.2) is 5.96 Å². The molecule has 1 aromatic heterocycles. The Morgan fingerprint density at radius 2 is 2.00 bits per heavy atom. The summed E-state index contributed by atoms with van der Waals surface area (Å²) < 4.78 is 5.61. The zero-order chi connectivity index (χ0) is 15.2. The molecule has 0 unspecified atom stereocenters. The number of hydrogen-bond acceptors (Lipinski definition) is 3. The molecule has 23 heavy (non-hydrogen) atoms. The van der Waals surface area contributed by atoms with Crippen molar-refractivity contribution in [3.8, 4) is 5.88 Å². The number of nitrogens with one attached hydrogen (secondary N) is 1. The van der Waals surface area contributed by atoms with E-state index in [0.717, 1.165) is 23.8 Å². The summed E-state index contributed by atoms with van der Waals surface area (Å²) in [4.78, 5) is 8.59. The maximum absolute atomic E-state index is 5.87. The highest BCUT2D eigenvalue weighted by atomic mass is 127. The molecule has 1 saturated carbocycles. The maximum atomic E-state index is 5.87. The number of nitrogens with two attached hydrogens (primary N) is 1. The summed E-state index contributed by atoms with van der Waals surface area (Å²) in [6, 6.07) is 13.6. The Morgan fingerprint density at radius 1 is 1.22 bits per heavy atom. The lowest BCUT2D eigenvalue weighted by molar-refractivity contribution is 0.288. The van der Waals surface area contributed by atoms with E-state index >= 15 is 0 Å². The van der Waals surface area contributed by atoms with E-state index in [0.29, 0.717) is 18.4 Å². The first kappa shape index (κ1) is 17.5. The zero-order valence-corrected chi connectivity index (χ0v) is 15.1. The summed E-state index contributed by atoms with van der Waals surface area (Å²) in [5, 5.41) is 3.05. The number of rotatable bonds is 6. The molecule has 0 bridgehead atoms. The summed E-state index contributed by atoms with van der Waals surface area (Å²) in [6.07, 6.45) is 4.34. The molecule has 0 spiro atoms.